The molecule has 0 aromatic heterocycles. The van der Waals surface area contributed by atoms with Crippen molar-refractivity contribution in [1.82, 2.24) is 0 Å². The highest BCUT2D eigenvalue weighted by atomic mass is 79.9. The lowest BCUT2D eigenvalue weighted by Crippen LogP contribution is -2.12. The Hall–Kier alpha value is -1.65. The Bertz CT molecular complexity index is 654. The van der Waals surface area contributed by atoms with Gasteiger partial charge < -0.3 is 11.1 Å². The fourth-order valence-corrected chi connectivity index (χ4v) is 2.75. The van der Waals surface area contributed by atoms with E-state index in [1.165, 1.54) is 0 Å². The number of nitrogens with two attached hydrogens (primary N) is 1. The van der Waals surface area contributed by atoms with E-state index in [0.29, 0.717) is 6.42 Å². The van der Waals surface area contributed by atoms with E-state index >= 15 is 0 Å². The maximum absolute atomic E-state index is 11.3. The Kier molecular flexibility index (Phi) is 3.12. The van der Waals surface area contributed by atoms with Gasteiger partial charge in [-0.3, -0.25) is 4.79 Å². The molecule has 1 heterocycles. The van der Waals surface area contributed by atoms with Crippen LogP contribution in [0.5, 0.6) is 0 Å². The molecule has 1 aliphatic rings. The van der Waals surface area contributed by atoms with Gasteiger partial charge in [-0.1, -0.05) is 40.2 Å². The van der Waals surface area contributed by atoms with Crippen LogP contribution in [0.3, 0.4) is 0 Å². The van der Waals surface area contributed by atoms with Gasteiger partial charge in [-0.15, -0.1) is 0 Å². The second kappa shape index (κ2) is 4.79. The van der Waals surface area contributed by atoms with E-state index in [9.17, 15) is 4.79 Å². The van der Waals surface area contributed by atoms with Crippen LogP contribution in [-0.4, -0.2) is 5.91 Å². The van der Waals surface area contributed by atoms with Gasteiger partial charge >= 0.3 is 0 Å². The minimum absolute atomic E-state index is 0.0446. The summed E-state index contributed by atoms with van der Waals surface area (Å²) >= 11 is 3.45. The van der Waals surface area contributed by atoms with Crippen molar-refractivity contribution in [2.75, 3.05) is 5.32 Å². The van der Waals surface area contributed by atoms with Gasteiger partial charge in [0.05, 0.1) is 12.5 Å². The van der Waals surface area contributed by atoms with Crippen molar-refractivity contribution >= 4 is 27.5 Å². The highest BCUT2D eigenvalue weighted by Gasteiger charge is 2.19. The average molecular weight is 317 g/mol. The van der Waals surface area contributed by atoms with Crippen molar-refractivity contribution in [2.45, 2.75) is 12.5 Å². The van der Waals surface area contributed by atoms with Crippen LogP contribution in [-0.2, 0) is 11.2 Å². The summed E-state index contributed by atoms with van der Waals surface area (Å²) in [6.07, 6.45) is 0.439. The zero-order valence-electron chi connectivity index (χ0n) is 10.2. The van der Waals surface area contributed by atoms with Crippen LogP contribution in [0.4, 0.5) is 5.69 Å². The van der Waals surface area contributed by atoms with Crippen molar-refractivity contribution in [3.8, 4) is 0 Å². The first-order chi connectivity index (χ1) is 9.13. The number of amides is 1. The number of rotatable bonds is 2. The molecule has 3 nitrogen and oxygen atoms in total. The molecule has 3 N–H and O–H groups in total. The van der Waals surface area contributed by atoms with Gasteiger partial charge in [0.15, 0.2) is 0 Å². The predicted octanol–water partition coefficient (Wildman–Crippen LogP) is 2.99. The molecule has 19 heavy (non-hydrogen) atoms. The molecule has 4 heteroatoms. The summed E-state index contributed by atoms with van der Waals surface area (Å²) in [6, 6.07) is 13.7. The maximum atomic E-state index is 11.3. The molecule has 0 saturated carbocycles. The van der Waals surface area contributed by atoms with Crippen LogP contribution in [0.1, 0.15) is 22.7 Å². The summed E-state index contributed by atoms with van der Waals surface area (Å²) < 4.78 is 1.01. The molecular formula is C15H13BrN2O. The van der Waals surface area contributed by atoms with E-state index in [4.69, 9.17) is 5.73 Å². The van der Waals surface area contributed by atoms with Gasteiger partial charge in [-0.25, -0.2) is 0 Å². The molecule has 0 spiro atoms. The molecule has 0 radical (unpaired) electrons. The average Bonchev–Trinajstić information content (AvgIpc) is 2.76. The molecule has 1 unspecified atom stereocenters. The number of halogens is 1. The van der Waals surface area contributed by atoms with Crippen molar-refractivity contribution < 1.29 is 4.79 Å². The molecule has 0 fully saturated rings. The quantitative estimate of drug-likeness (QED) is 0.895. The van der Waals surface area contributed by atoms with Crippen LogP contribution >= 0.6 is 15.9 Å². The third-order valence-electron chi connectivity index (χ3n) is 3.32. The van der Waals surface area contributed by atoms with Crippen LogP contribution in [0.25, 0.3) is 0 Å². The van der Waals surface area contributed by atoms with E-state index in [0.717, 1.165) is 26.9 Å². The van der Waals surface area contributed by atoms with Gasteiger partial charge in [0.1, 0.15) is 0 Å². The molecule has 0 bridgehead atoms. The van der Waals surface area contributed by atoms with Crippen LogP contribution in [0.15, 0.2) is 46.9 Å². The first-order valence-corrected chi connectivity index (χ1v) is 6.86. The number of carbonyl (C=O) groups is 1. The van der Waals surface area contributed by atoms with E-state index in [1.54, 1.807) is 0 Å². The third-order valence-corrected chi connectivity index (χ3v) is 3.81. The fourth-order valence-electron chi connectivity index (χ4n) is 2.34. The van der Waals surface area contributed by atoms with Gasteiger partial charge in [0, 0.05) is 10.2 Å². The molecular weight excluding hydrogens is 304 g/mol. The number of fused-ring (bicyclic) bond motifs is 1. The lowest BCUT2D eigenvalue weighted by molar-refractivity contribution is -0.115. The summed E-state index contributed by atoms with van der Waals surface area (Å²) in [5.74, 6) is 0.0446. The summed E-state index contributed by atoms with van der Waals surface area (Å²) in [5, 5.41) is 2.83. The monoisotopic (exact) mass is 316 g/mol. The zero-order valence-corrected chi connectivity index (χ0v) is 11.8. The molecule has 0 saturated heterocycles. The predicted molar refractivity (Wildman–Crippen MR) is 78.9 cm³/mol. The molecule has 3 rings (SSSR count). The second-order valence-electron chi connectivity index (χ2n) is 4.67. The van der Waals surface area contributed by atoms with Crippen LogP contribution in [0.2, 0.25) is 0 Å². The molecule has 2 aromatic carbocycles. The van der Waals surface area contributed by atoms with Crippen LogP contribution in [0, 0.1) is 0 Å². The van der Waals surface area contributed by atoms with Crippen molar-refractivity contribution in [1.29, 1.82) is 0 Å². The molecule has 2 aromatic rings. The number of carbonyl (C=O) groups excluding carboxylic acids is 1. The summed E-state index contributed by atoms with van der Waals surface area (Å²) in [4.78, 5) is 11.3. The van der Waals surface area contributed by atoms with Crippen molar-refractivity contribution in [3.05, 3.63) is 63.6 Å². The highest BCUT2D eigenvalue weighted by Crippen LogP contribution is 2.28. The molecule has 0 aliphatic carbocycles. The topological polar surface area (TPSA) is 55.1 Å². The molecule has 1 amide bonds. The largest absolute Gasteiger partial charge is 0.326 e. The maximum Gasteiger partial charge on any atom is 0.228 e. The normalized spacial score (nSPS) is 14.9. The van der Waals surface area contributed by atoms with E-state index in [-0.39, 0.29) is 11.9 Å². The standard InChI is InChI=1S/C15H13BrN2O/c16-12-3-1-2-9(7-12)15(17)10-4-5-13-11(6-10)8-14(19)18-13/h1-7,15H,8,17H2,(H,18,19). The van der Waals surface area contributed by atoms with Crippen molar-refractivity contribution in [3.63, 3.8) is 0 Å². The molecule has 96 valence electrons. The lowest BCUT2D eigenvalue weighted by Gasteiger charge is -2.14. The second-order valence-corrected chi connectivity index (χ2v) is 5.59. The Balaban J connectivity index is 1.95. The van der Waals surface area contributed by atoms with Gasteiger partial charge in [0.25, 0.3) is 0 Å². The Morgan fingerprint density at radius 3 is 2.74 bits per heavy atom. The zero-order chi connectivity index (χ0) is 13.4. The van der Waals surface area contributed by atoms with Gasteiger partial charge in [-0.05, 0) is 34.9 Å². The summed E-state index contributed by atoms with van der Waals surface area (Å²) in [5.41, 5.74) is 10.3. The minimum Gasteiger partial charge on any atom is -0.326 e. The summed E-state index contributed by atoms with van der Waals surface area (Å²) in [6.45, 7) is 0. The summed E-state index contributed by atoms with van der Waals surface area (Å²) in [7, 11) is 0. The Morgan fingerprint density at radius 1 is 1.16 bits per heavy atom. The Morgan fingerprint density at radius 2 is 1.95 bits per heavy atom. The third kappa shape index (κ3) is 2.41. The number of nitrogens with one attached hydrogen (secondary N) is 1. The number of hydrogen-bond acceptors (Lipinski definition) is 2. The van der Waals surface area contributed by atoms with E-state index < -0.39 is 0 Å². The highest BCUT2D eigenvalue weighted by molar-refractivity contribution is 9.10. The minimum atomic E-state index is -0.182. The fraction of sp³-hybridized carbons (Fsp3) is 0.133. The smallest absolute Gasteiger partial charge is 0.228 e. The lowest BCUT2D eigenvalue weighted by atomic mass is 9.97. The number of hydrogen-bond donors (Lipinski definition) is 2. The van der Waals surface area contributed by atoms with Gasteiger partial charge in [-0.2, -0.15) is 0 Å². The first kappa shape index (κ1) is 12.4. The van der Waals surface area contributed by atoms with E-state index in [1.807, 2.05) is 42.5 Å². The first-order valence-electron chi connectivity index (χ1n) is 6.07. The van der Waals surface area contributed by atoms with Crippen molar-refractivity contribution in [2.24, 2.45) is 5.73 Å². The molecule has 1 aliphatic heterocycles. The SMILES string of the molecule is NC(c1cccc(Br)c1)c1ccc2c(c1)CC(=O)N2. The molecule has 1 atom stereocenters. The number of anilines is 1. The van der Waals surface area contributed by atoms with Crippen LogP contribution < -0.4 is 11.1 Å². The number of benzene rings is 2. The Labute approximate surface area is 119 Å². The van der Waals surface area contributed by atoms with Gasteiger partial charge in [0.2, 0.25) is 5.91 Å². The van der Waals surface area contributed by atoms with E-state index in [2.05, 4.69) is 21.2 Å².